The van der Waals surface area contributed by atoms with Crippen molar-refractivity contribution in [2.24, 2.45) is 71.0 Å². The maximum Gasteiger partial charge on any atom is 0.329 e. The van der Waals surface area contributed by atoms with Gasteiger partial charge in [0.1, 0.15) is 54.5 Å². The van der Waals surface area contributed by atoms with Crippen molar-refractivity contribution in [3.8, 4) is 0 Å². The Kier molecular flexibility index (Phi) is 45.0. The number of hydrogen-bond donors (Lipinski definition) is 8. The monoisotopic (exact) mass is 1830 g/mol. The van der Waals surface area contributed by atoms with Crippen LogP contribution in [-0.2, 0) is 85.7 Å². The van der Waals surface area contributed by atoms with Crippen molar-refractivity contribution >= 4 is 46.9 Å². The summed E-state index contributed by atoms with van der Waals surface area (Å²) < 4.78 is 59.0. The van der Waals surface area contributed by atoms with E-state index in [1.165, 1.54) is 24.0 Å². The lowest BCUT2D eigenvalue weighted by molar-refractivity contribution is -0.265. The summed E-state index contributed by atoms with van der Waals surface area (Å²) in [6.07, 6.45) is 21.8. The van der Waals surface area contributed by atoms with Crippen LogP contribution < -0.4 is 0 Å². The number of carbonyl (C=O) groups is 8. The summed E-state index contributed by atoms with van der Waals surface area (Å²) in [4.78, 5) is 116. The van der Waals surface area contributed by atoms with Gasteiger partial charge in [0.2, 0.25) is 11.6 Å². The number of methoxy groups -OCH3 is 6. The summed E-state index contributed by atoms with van der Waals surface area (Å²) >= 11 is 0. The maximum atomic E-state index is 14.4. The van der Waals surface area contributed by atoms with Gasteiger partial charge in [-0.15, -0.1) is 0 Å². The average molecular weight is 1830 g/mol. The number of ether oxygens (including phenoxy) is 10. The van der Waals surface area contributed by atoms with Crippen molar-refractivity contribution < 1.29 is 127 Å². The molecule has 28 nitrogen and oxygen atoms in total. The lowest BCUT2D eigenvalue weighted by Gasteiger charge is -2.43. The van der Waals surface area contributed by atoms with E-state index in [2.05, 4.69) is 6.92 Å². The van der Waals surface area contributed by atoms with Crippen LogP contribution in [0, 0.1) is 71.0 Å². The number of aliphatic hydroxyl groups is 8. The molecule has 0 spiro atoms. The highest BCUT2D eigenvalue weighted by Crippen LogP contribution is 2.42. The fraction of sp³-hybridized carbons (Fsp3) is 0.765. The van der Waals surface area contributed by atoms with Gasteiger partial charge in [-0.1, -0.05) is 142 Å². The summed E-state index contributed by atoms with van der Waals surface area (Å²) in [7, 11) is 9.15. The number of allylic oxidation sites excluding steroid dienone is 11. The molecule has 0 aromatic rings. The second kappa shape index (κ2) is 52.8. The number of cyclic esters (lactones) is 2. The Morgan fingerprint density at radius 2 is 0.900 bits per heavy atom. The SMILES string of the molecule is CO[C@H]1C[C@@H]2CC[C@@H](C)[C@@](O)(O2)C(=O)C(=O)N2CCCCC2C(=O)OC([C@H](C)CC2CC[C@@H](O)[C@H](OC)C2)CC(=O)[C@H](C)/C=C(\C)[C@@H](O)[C@@H](OC)C(=O)[C@H](C)C[C@H](C)/C=C/C=CC=C1C.CO[C@H]1[C@@H](O)[C@H](C)C[C@H](C)/C=C/C=CC=C(C)[C@@H](OC)C[C@@H]2CC[C@@H](C)[C@@](O)(O2)C(=O)C(=O)N2CCCCC2C(=O)OC([C@H](C)CC2CC[C@@H](O)[C@H](OC)C2)C[C@H](O)[C@H](C)/C=C(\C)[C@H]1O. The molecular weight excluding hydrogens is 1670 g/mol. The number of fused-ring (bicyclic) bond motifs is 6. The van der Waals surface area contributed by atoms with Gasteiger partial charge in [-0.2, -0.15) is 0 Å². The van der Waals surface area contributed by atoms with E-state index in [1.807, 2.05) is 116 Å². The molecule has 2 aliphatic carbocycles. The maximum absolute atomic E-state index is 14.4. The van der Waals surface area contributed by atoms with E-state index in [-0.39, 0.29) is 104 Å². The van der Waals surface area contributed by atoms with Crippen molar-refractivity contribution in [3.63, 3.8) is 0 Å². The molecule has 8 N–H and O–H groups in total. The van der Waals surface area contributed by atoms with Crippen molar-refractivity contribution in [3.05, 3.63) is 95.2 Å². The van der Waals surface area contributed by atoms with Gasteiger partial charge < -0.3 is 98.0 Å². The third-order valence-electron chi connectivity index (χ3n) is 29.4. The topological polar surface area (TPSA) is 397 Å². The Morgan fingerprint density at radius 3 is 1.35 bits per heavy atom. The second-order valence-electron chi connectivity index (χ2n) is 39.6. The fourth-order valence-corrected chi connectivity index (χ4v) is 20.5. The molecule has 8 rings (SSSR count). The molecule has 736 valence electrons. The van der Waals surface area contributed by atoms with Gasteiger partial charge in [-0.25, -0.2) is 9.59 Å². The van der Waals surface area contributed by atoms with E-state index in [1.54, 1.807) is 75.2 Å². The molecule has 32 atom stereocenters. The zero-order chi connectivity index (χ0) is 96.3. The molecule has 6 heterocycles. The number of hydrogen-bond acceptors (Lipinski definition) is 26. The molecule has 4 bridgehead atoms. The van der Waals surface area contributed by atoms with E-state index < -0.39 is 174 Å². The molecule has 28 heteroatoms. The number of Topliss-reactive ketones (excluding diaryl/α,β-unsaturated/α-hetero) is 4. The molecule has 8 aliphatic rings. The molecule has 0 aromatic heterocycles. The third kappa shape index (κ3) is 30.4. The largest absolute Gasteiger partial charge is 0.460 e. The number of esters is 2. The van der Waals surface area contributed by atoms with E-state index in [9.17, 15) is 79.2 Å². The van der Waals surface area contributed by atoms with Crippen LogP contribution in [0.5, 0.6) is 0 Å². The zero-order valence-corrected chi connectivity index (χ0v) is 81.5. The molecular formula is C102H162N2O26. The number of nitrogens with zero attached hydrogens (tertiary/aromatic N) is 2. The molecule has 0 aromatic carbocycles. The lowest BCUT2D eigenvalue weighted by atomic mass is 9.78. The number of aliphatic hydroxyl groups excluding tert-OH is 6. The normalized spacial score (nSPS) is 40.2. The van der Waals surface area contributed by atoms with Gasteiger partial charge in [0.25, 0.3) is 23.4 Å². The second-order valence-corrected chi connectivity index (χ2v) is 39.6. The van der Waals surface area contributed by atoms with Gasteiger partial charge in [-0.3, -0.25) is 28.8 Å². The predicted octanol–water partition coefficient (Wildman–Crippen LogP) is 11.9. The van der Waals surface area contributed by atoms with Crippen molar-refractivity contribution in [2.45, 2.75) is 372 Å². The van der Waals surface area contributed by atoms with Gasteiger partial charge >= 0.3 is 11.9 Å². The summed E-state index contributed by atoms with van der Waals surface area (Å²) in [6.45, 7) is 25.9. The highest BCUT2D eigenvalue weighted by molar-refractivity contribution is 6.39. The van der Waals surface area contributed by atoms with E-state index in [0.29, 0.717) is 127 Å². The number of carbonyl (C=O) groups excluding carboxylic acids is 8. The Balaban J connectivity index is 0.000000356. The van der Waals surface area contributed by atoms with Crippen molar-refractivity contribution in [1.82, 2.24) is 9.80 Å². The molecule has 6 fully saturated rings. The molecule has 6 aliphatic heterocycles. The van der Waals surface area contributed by atoms with Gasteiger partial charge in [0, 0.05) is 111 Å². The average Bonchev–Trinajstić information content (AvgIpc) is 0.774. The number of ketones is 4. The Hall–Kier alpha value is -6.16. The Bertz CT molecular complexity index is 3910. The van der Waals surface area contributed by atoms with Crippen molar-refractivity contribution in [1.29, 1.82) is 0 Å². The summed E-state index contributed by atoms with van der Waals surface area (Å²) in [5.41, 5.74) is 2.67. The van der Waals surface area contributed by atoms with Crippen LogP contribution in [0.3, 0.4) is 0 Å². The Morgan fingerprint density at radius 1 is 0.454 bits per heavy atom. The van der Waals surface area contributed by atoms with Crippen LogP contribution in [0.15, 0.2) is 95.2 Å². The highest BCUT2D eigenvalue weighted by atomic mass is 16.6. The van der Waals surface area contributed by atoms with Crippen LogP contribution in [0.1, 0.15) is 251 Å². The first-order chi connectivity index (χ1) is 61.5. The van der Waals surface area contributed by atoms with E-state index in [4.69, 9.17) is 47.4 Å². The first kappa shape index (κ1) is 111. The Labute approximate surface area is 773 Å². The third-order valence-corrected chi connectivity index (χ3v) is 29.4. The molecule has 130 heavy (non-hydrogen) atoms. The van der Waals surface area contributed by atoms with Gasteiger partial charge in [0.05, 0.1) is 61.0 Å². The minimum atomic E-state index is -2.43. The van der Waals surface area contributed by atoms with Crippen LogP contribution in [0.25, 0.3) is 0 Å². The number of amides is 2. The standard InChI is InChI=1S/C51H83NO13.C51H79NO13/c2*1-30-16-12-11-13-17-31(2)42(61-8)28-38-21-19-36(7)51(60,65-38)48(57)49(58)52-23-15-14-18-39(52)50(59)64-43(33(4)26-37-20-22-40(53)44(27-37)62-9)29-41(54)32(3)25-35(6)46(56)47(63-10)45(55)34(5)24-30/h11-13,16-17,25,30,32-34,36-47,53-56,60H,14-15,18-24,26-29H2,1-10H3;11-13,16-17,25,30,32-34,36-40,42-44,46-47,53,56,60H,14-15,18-24,26-29H2,1-10H3/b2*13-11?,16-12+,31-17?,35-25+/t30-,32-,33-,34-,36-,37?,38+,39?,40-,41+,42+,43?,44-,45+,46-,47+,51-;30-,32-,33-,34-,36-,37?,38+,39?,40-,42+,43?,44-,46-,47+,51-/m11/s1. The minimum Gasteiger partial charge on any atom is -0.460 e. The van der Waals surface area contributed by atoms with E-state index >= 15 is 0 Å². The molecule has 2 saturated carbocycles. The van der Waals surface area contributed by atoms with E-state index in [0.717, 1.165) is 24.0 Å². The predicted molar refractivity (Wildman–Crippen MR) is 492 cm³/mol. The smallest absolute Gasteiger partial charge is 0.329 e. The number of piperidine rings is 2. The molecule has 4 saturated heterocycles. The zero-order valence-electron chi connectivity index (χ0n) is 81.5. The van der Waals surface area contributed by atoms with Crippen LogP contribution in [-0.4, -0.2) is 275 Å². The molecule has 2 amide bonds. The first-order valence-electron chi connectivity index (χ1n) is 48.1. The summed E-state index contributed by atoms with van der Waals surface area (Å²) in [5, 5.41) is 91.0. The van der Waals surface area contributed by atoms with Gasteiger partial charge in [-0.05, 0) is 220 Å². The van der Waals surface area contributed by atoms with Crippen LogP contribution in [0.4, 0.5) is 0 Å². The summed E-state index contributed by atoms with van der Waals surface area (Å²) in [6, 6.07) is -2.24. The highest BCUT2D eigenvalue weighted by Gasteiger charge is 2.56. The lowest BCUT2D eigenvalue weighted by Crippen LogP contribution is -2.61. The van der Waals surface area contributed by atoms with Crippen molar-refractivity contribution in [2.75, 3.05) is 55.7 Å². The quantitative estimate of drug-likeness (QED) is 0.0511. The molecule has 6 unspecified atom stereocenters. The van der Waals surface area contributed by atoms with Gasteiger partial charge in [0.15, 0.2) is 5.78 Å². The molecule has 0 radical (unpaired) electrons. The van der Waals surface area contributed by atoms with Crippen LogP contribution >= 0.6 is 0 Å². The number of rotatable bonds is 12. The summed E-state index contributed by atoms with van der Waals surface area (Å²) in [5.74, 6) is -14.7. The van der Waals surface area contributed by atoms with Crippen LogP contribution in [0.2, 0.25) is 0 Å². The fourth-order valence-electron chi connectivity index (χ4n) is 20.5. The minimum absolute atomic E-state index is 0.0193. The first-order valence-corrected chi connectivity index (χ1v) is 48.1.